The molecule has 1 heterocycles. The topological polar surface area (TPSA) is 67.9 Å². The van der Waals surface area contributed by atoms with E-state index in [9.17, 15) is 9.59 Å². The first-order valence-electron chi connectivity index (χ1n) is 10.9. The summed E-state index contributed by atoms with van der Waals surface area (Å²) >= 11 is 11.9. The summed E-state index contributed by atoms with van der Waals surface area (Å²) < 4.78 is 11.0. The van der Waals surface area contributed by atoms with Gasteiger partial charge >= 0.3 is 0 Å². The van der Waals surface area contributed by atoms with Crippen LogP contribution in [0.3, 0.4) is 0 Å². The first-order valence-corrected chi connectivity index (χ1v) is 11.6. The molecule has 0 saturated carbocycles. The number of hydrogen-bond donors (Lipinski definition) is 1. The number of nitrogens with one attached hydrogen (secondary N) is 1. The van der Waals surface area contributed by atoms with Gasteiger partial charge in [0.1, 0.15) is 11.5 Å². The van der Waals surface area contributed by atoms with Gasteiger partial charge in [-0.2, -0.15) is 0 Å². The lowest BCUT2D eigenvalue weighted by atomic mass is 10.0. The third-order valence-electron chi connectivity index (χ3n) is 5.26. The zero-order valence-electron chi connectivity index (χ0n) is 18.1. The monoisotopic (exact) mass is 478 g/mol. The number of likely N-dealkylation sites (tertiary alicyclic amines) is 1. The highest BCUT2D eigenvalue weighted by molar-refractivity contribution is 6.35. The van der Waals surface area contributed by atoms with Crippen molar-refractivity contribution in [3.05, 3.63) is 58.1 Å². The van der Waals surface area contributed by atoms with Crippen molar-refractivity contribution in [1.82, 2.24) is 10.2 Å². The van der Waals surface area contributed by atoms with Gasteiger partial charge < -0.3 is 19.7 Å². The Labute approximate surface area is 198 Å². The fourth-order valence-electron chi connectivity index (χ4n) is 3.58. The van der Waals surface area contributed by atoms with Crippen LogP contribution in [0.1, 0.15) is 43.0 Å². The lowest BCUT2D eigenvalue weighted by molar-refractivity contribution is -0.122. The van der Waals surface area contributed by atoms with Crippen LogP contribution in [0.4, 0.5) is 0 Å². The molecule has 0 aromatic heterocycles. The van der Waals surface area contributed by atoms with Crippen molar-refractivity contribution in [3.8, 4) is 11.5 Å². The number of rotatable bonds is 9. The van der Waals surface area contributed by atoms with Gasteiger partial charge in [0.05, 0.1) is 18.2 Å². The molecule has 32 heavy (non-hydrogen) atoms. The molecule has 1 aliphatic heterocycles. The third kappa shape index (κ3) is 7.04. The van der Waals surface area contributed by atoms with E-state index in [4.69, 9.17) is 32.7 Å². The van der Waals surface area contributed by atoms with Gasteiger partial charge in [-0.25, -0.2) is 0 Å². The van der Waals surface area contributed by atoms with E-state index in [2.05, 4.69) is 5.32 Å². The number of halogens is 2. The summed E-state index contributed by atoms with van der Waals surface area (Å²) in [5.74, 6) is 1.32. The van der Waals surface area contributed by atoms with E-state index in [1.807, 2.05) is 24.0 Å². The van der Waals surface area contributed by atoms with Crippen molar-refractivity contribution >= 4 is 35.0 Å². The molecule has 0 spiro atoms. The zero-order valence-corrected chi connectivity index (χ0v) is 19.6. The third-order valence-corrected chi connectivity index (χ3v) is 5.79. The van der Waals surface area contributed by atoms with Gasteiger partial charge in [-0.3, -0.25) is 9.59 Å². The average molecular weight is 479 g/mol. The first kappa shape index (κ1) is 24.2. The quantitative estimate of drug-likeness (QED) is 0.516. The van der Waals surface area contributed by atoms with E-state index < -0.39 is 0 Å². The van der Waals surface area contributed by atoms with Crippen molar-refractivity contribution in [3.63, 3.8) is 0 Å². The Balaban J connectivity index is 1.35. The van der Waals surface area contributed by atoms with E-state index in [-0.39, 0.29) is 17.9 Å². The summed E-state index contributed by atoms with van der Waals surface area (Å²) in [4.78, 5) is 26.8. The second-order valence-electron chi connectivity index (χ2n) is 7.62. The van der Waals surface area contributed by atoms with Crippen LogP contribution in [-0.2, 0) is 4.79 Å². The number of piperidine rings is 1. The fraction of sp³-hybridized carbons (Fsp3) is 0.417. The van der Waals surface area contributed by atoms with Crippen LogP contribution in [0.25, 0.3) is 0 Å². The molecule has 1 N–H and O–H groups in total. The number of nitrogens with zero attached hydrogens (tertiary/aromatic N) is 1. The highest BCUT2D eigenvalue weighted by Gasteiger charge is 2.24. The molecule has 0 bridgehead atoms. The lowest BCUT2D eigenvalue weighted by Crippen LogP contribution is -2.46. The fourth-order valence-corrected chi connectivity index (χ4v) is 4.04. The summed E-state index contributed by atoms with van der Waals surface area (Å²) in [5, 5.41) is 4.07. The first-order chi connectivity index (χ1) is 15.5. The molecule has 1 aliphatic rings. The Kier molecular flexibility index (Phi) is 9.06. The molecule has 8 heteroatoms. The molecule has 0 unspecified atom stereocenters. The molecular formula is C24H28Cl2N2O4. The Hall–Kier alpha value is -2.44. The molecule has 2 amide bonds. The average Bonchev–Trinajstić information content (AvgIpc) is 2.79. The van der Waals surface area contributed by atoms with Gasteiger partial charge in [0, 0.05) is 36.1 Å². The molecule has 0 aliphatic carbocycles. The van der Waals surface area contributed by atoms with Crippen LogP contribution in [-0.4, -0.2) is 49.1 Å². The van der Waals surface area contributed by atoms with Crippen molar-refractivity contribution in [2.75, 3.05) is 26.3 Å². The van der Waals surface area contributed by atoms with Crippen LogP contribution in [0.2, 0.25) is 10.0 Å². The van der Waals surface area contributed by atoms with Crippen molar-refractivity contribution in [2.45, 2.75) is 38.6 Å². The van der Waals surface area contributed by atoms with E-state index in [0.29, 0.717) is 60.5 Å². The standard InChI is InChI=1S/C24H28Cl2N2O4/c1-2-31-20-8-5-17(6-9-20)24(30)28-13-11-19(12-14-28)27-23(29)4-3-15-32-22-10-7-18(25)16-21(22)26/h5-10,16,19H,2-4,11-15H2,1H3,(H,27,29). The summed E-state index contributed by atoms with van der Waals surface area (Å²) in [6.45, 7) is 4.15. The zero-order chi connectivity index (χ0) is 22.9. The Morgan fingerprint density at radius 1 is 1.06 bits per heavy atom. The summed E-state index contributed by atoms with van der Waals surface area (Å²) in [6.07, 6.45) is 2.44. The highest BCUT2D eigenvalue weighted by Crippen LogP contribution is 2.27. The van der Waals surface area contributed by atoms with Gasteiger partial charge in [0.25, 0.3) is 5.91 Å². The number of benzene rings is 2. The maximum absolute atomic E-state index is 12.7. The molecule has 3 rings (SSSR count). The molecular weight excluding hydrogens is 451 g/mol. The summed E-state index contributed by atoms with van der Waals surface area (Å²) in [5.41, 5.74) is 0.650. The van der Waals surface area contributed by atoms with E-state index in [1.165, 1.54) is 0 Å². The predicted octanol–water partition coefficient (Wildman–Crippen LogP) is 4.97. The normalized spacial score (nSPS) is 14.2. The van der Waals surface area contributed by atoms with Crippen molar-refractivity contribution in [2.24, 2.45) is 0 Å². The smallest absolute Gasteiger partial charge is 0.253 e. The number of hydrogen-bond acceptors (Lipinski definition) is 4. The van der Waals surface area contributed by atoms with Crippen molar-refractivity contribution in [1.29, 1.82) is 0 Å². The minimum absolute atomic E-state index is 0.00732. The molecule has 0 atom stereocenters. The molecule has 1 saturated heterocycles. The lowest BCUT2D eigenvalue weighted by Gasteiger charge is -2.32. The van der Waals surface area contributed by atoms with Crippen molar-refractivity contribution < 1.29 is 19.1 Å². The van der Waals surface area contributed by atoms with E-state index in [1.54, 1.807) is 30.3 Å². The minimum atomic E-state index is -0.00732. The molecule has 0 radical (unpaired) electrons. The van der Waals surface area contributed by atoms with Gasteiger partial charge in [0.15, 0.2) is 0 Å². The van der Waals surface area contributed by atoms with E-state index >= 15 is 0 Å². The minimum Gasteiger partial charge on any atom is -0.494 e. The van der Waals surface area contributed by atoms with E-state index in [0.717, 1.165) is 18.6 Å². The van der Waals surface area contributed by atoms with Gasteiger partial charge in [-0.15, -0.1) is 0 Å². The van der Waals surface area contributed by atoms with Crippen LogP contribution in [0.15, 0.2) is 42.5 Å². The van der Waals surface area contributed by atoms with Gasteiger partial charge in [-0.1, -0.05) is 23.2 Å². The van der Waals surface area contributed by atoms with Crippen LogP contribution >= 0.6 is 23.2 Å². The Morgan fingerprint density at radius 3 is 2.44 bits per heavy atom. The second kappa shape index (κ2) is 12.0. The highest BCUT2D eigenvalue weighted by atomic mass is 35.5. The van der Waals surface area contributed by atoms with Crippen LogP contribution in [0.5, 0.6) is 11.5 Å². The van der Waals surface area contributed by atoms with Gasteiger partial charge in [-0.05, 0) is 68.7 Å². The number of carbonyl (C=O) groups is 2. The van der Waals surface area contributed by atoms with Crippen LogP contribution < -0.4 is 14.8 Å². The van der Waals surface area contributed by atoms with Gasteiger partial charge in [0.2, 0.25) is 5.91 Å². The second-order valence-corrected chi connectivity index (χ2v) is 8.46. The summed E-state index contributed by atoms with van der Waals surface area (Å²) in [6, 6.07) is 12.3. The van der Waals surface area contributed by atoms with Crippen LogP contribution in [0, 0.1) is 0 Å². The molecule has 6 nitrogen and oxygen atoms in total. The maximum Gasteiger partial charge on any atom is 0.253 e. The Bertz CT molecular complexity index is 913. The maximum atomic E-state index is 12.7. The number of ether oxygens (including phenoxy) is 2. The molecule has 2 aromatic carbocycles. The SMILES string of the molecule is CCOc1ccc(C(=O)N2CCC(NC(=O)CCCOc3ccc(Cl)cc3Cl)CC2)cc1. The Morgan fingerprint density at radius 2 is 1.78 bits per heavy atom. The molecule has 172 valence electrons. The number of carbonyl (C=O) groups excluding carboxylic acids is 2. The molecule has 1 fully saturated rings. The summed E-state index contributed by atoms with van der Waals surface area (Å²) in [7, 11) is 0. The molecule has 2 aromatic rings. The largest absolute Gasteiger partial charge is 0.494 e. The predicted molar refractivity (Wildman–Crippen MR) is 126 cm³/mol. The number of amides is 2.